The summed E-state index contributed by atoms with van der Waals surface area (Å²) in [5.41, 5.74) is 1.38. The van der Waals surface area contributed by atoms with Crippen LogP contribution in [0, 0.1) is 0 Å². The average Bonchev–Trinajstić information content (AvgIpc) is 3.22. The van der Waals surface area contributed by atoms with Crippen LogP contribution in [0.1, 0.15) is 6.42 Å². The number of hydrogen-bond donors (Lipinski definition) is 2. The molecule has 2 aromatic carbocycles. The second-order valence-electron chi connectivity index (χ2n) is 6.11. The van der Waals surface area contributed by atoms with Crippen molar-refractivity contribution in [3.05, 3.63) is 53.9 Å². The van der Waals surface area contributed by atoms with E-state index in [1.54, 1.807) is 56.0 Å². The third-order valence-corrected chi connectivity index (χ3v) is 6.37. The summed E-state index contributed by atoms with van der Waals surface area (Å²) in [7, 11) is -0.504. The molecule has 0 fully saturated rings. The number of nitrogens with one attached hydrogen (secondary N) is 2. The summed E-state index contributed by atoms with van der Waals surface area (Å²) < 4.78 is 37.4. The number of sulfonamides is 1. The van der Waals surface area contributed by atoms with Crippen LogP contribution in [0.25, 0.3) is 11.3 Å². The molecule has 0 bridgehead atoms. The molecule has 8 nitrogen and oxygen atoms in total. The van der Waals surface area contributed by atoms with Gasteiger partial charge < -0.3 is 14.8 Å². The molecule has 2 N–H and O–H groups in total. The second kappa shape index (κ2) is 9.70. The molecule has 0 aliphatic rings. The Bertz CT molecular complexity index is 1110. The Morgan fingerprint density at radius 2 is 1.87 bits per heavy atom. The average molecular weight is 448 g/mol. The molecule has 0 spiro atoms. The van der Waals surface area contributed by atoms with Crippen molar-refractivity contribution < 1.29 is 22.7 Å². The number of amides is 1. The number of carbonyl (C=O) groups is 1. The van der Waals surface area contributed by atoms with Crippen LogP contribution in [0.15, 0.2) is 58.8 Å². The minimum atomic E-state index is -3.64. The molecular formula is C20H21N3O5S2. The van der Waals surface area contributed by atoms with E-state index in [0.29, 0.717) is 22.3 Å². The Balaban J connectivity index is 1.59. The molecule has 158 valence electrons. The van der Waals surface area contributed by atoms with E-state index in [1.165, 1.54) is 23.5 Å². The lowest BCUT2D eigenvalue weighted by molar-refractivity contribution is -0.116. The van der Waals surface area contributed by atoms with Crippen molar-refractivity contribution in [3.8, 4) is 22.8 Å². The van der Waals surface area contributed by atoms with Gasteiger partial charge in [0.1, 0.15) is 11.5 Å². The fourth-order valence-electron chi connectivity index (χ4n) is 2.63. The number of nitrogens with zero attached hydrogens (tertiary/aromatic N) is 1. The van der Waals surface area contributed by atoms with Crippen LogP contribution in [0.3, 0.4) is 0 Å². The number of aromatic nitrogens is 1. The van der Waals surface area contributed by atoms with Crippen molar-refractivity contribution >= 4 is 32.4 Å². The van der Waals surface area contributed by atoms with Gasteiger partial charge >= 0.3 is 0 Å². The van der Waals surface area contributed by atoms with Crippen LogP contribution in [0.5, 0.6) is 11.5 Å². The van der Waals surface area contributed by atoms with Crippen molar-refractivity contribution in [2.45, 2.75) is 11.3 Å². The van der Waals surface area contributed by atoms with Gasteiger partial charge in [-0.2, -0.15) is 0 Å². The Morgan fingerprint density at radius 1 is 1.10 bits per heavy atom. The molecule has 3 aromatic rings. The lowest BCUT2D eigenvalue weighted by Crippen LogP contribution is -2.27. The highest BCUT2D eigenvalue weighted by Gasteiger charge is 2.15. The molecule has 10 heteroatoms. The molecule has 3 rings (SSSR count). The van der Waals surface area contributed by atoms with E-state index in [0.717, 1.165) is 5.56 Å². The fraction of sp³-hybridized carbons (Fsp3) is 0.200. The highest BCUT2D eigenvalue weighted by Crippen LogP contribution is 2.35. The van der Waals surface area contributed by atoms with E-state index in [1.807, 2.05) is 0 Å². The minimum absolute atomic E-state index is 0.0228. The van der Waals surface area contributed by atoms with Gasteiger partial charge in [0.05, 0.1) is 24.8 Å². The largest absolute Gasteiger partial charge is 0.497 e. The number of thiazole rings is 1. The van der Waals surface area contributed by atoms with Crippen LogP contribution in [0.2, 0.25) is 0 Å². The molecule has 1 heterocycles. The molecule has 0 unspecified atom stereocenters. The molecule has 1 aromatic heterocycles. The summed E-state index contributed by atoms with van der Waals surface area (Å²) in [5.74, 6) is 0.952. The van der Waals surface area contributed by atoms with E-state index in [-0.39, 0.29) is 23.8 Å². The van der Waals surface area contributed by atoms with Crippen molar-refractivity contribution in [1.82, 2.24) is 9.71 Å². The second-order valence-corrected chi connectivity index (χ2v) is 8.74. The maximum Gasteiger partial charge on any atom is 0.240 e. The molecule has 0 saturated heterocycles. The smallest absolute Gasteiger partial charge is 0.240 e. The van der Waals surface area contributed by atoms with Gasteiger partial charge in [0.15, 0.2) is 5.13 Å². The lowest BCUT2D eigenvalue weighted by Gasteiger charge is -2.08. The third-order valence-electron chi connectivity index (χ3n) is 4.13. The normalized spacial score (nSPS) is 11.1. The van der Waals surface area contributed by atoms with E-state index >= 15 is 0 Å². The molecule has 0 atom stereocenters. The monoisotopic (exact) mass is 447 g/mol. The number of anilines is 1. The quantitative estimate of drug-likeness (QED) is 0.522. The van der Waals surface area contributed by atoms with Crippen LogP contribution in [-0.4, -0.2) is 40.1 Å². The van der Waals surface area contributed by atoms with Crippen LogP contribution < -0.4 is 19.5 Å². The zero-order valence-electron chi connectivity index (χ0n) is 16.4. The standard InChI is InChI=1S/C20H21N3O5S2/c1-27-14-8-9-18(28-2)16(12-14)17-13-29-20(22-17)23-19(24)10-11-21-30(25,26)15-6-4-3-5-7-15/h3-9,12-13,21H,10-11H2,1-2H3,(H,22,23,24). The summed E-state index contributed by atoms with van der Waals surface area (Å²) in [6.07, 6.45) is -0.0243. The van der Waals surface area contributed by atoms with Gasteiger partial charge in [-0.15, -0.1) is 11.3 Å². The first-order valence-corrected chi connectivity index (χ1v) is 11.3. The minimum Gasteiger partial charge on any atom is -0.497 e. The molecule has 0 saturated carbocycles. The van der Waals surface area contributed by atoms with Crippen molar-refractivity contribution in [2.75, 3.05) is 26.1 Å². The zero-order valence-corrected chi connectivity index (χ0v) is 18.0. The first kappa shape index (κ1) is 21.8. The van der Waals surface area contributed by atoms with E-state index < -0.39 is 10.0 Å². The Labute approximate surface area is 178 Å². The molecule has 30 heavy (non-hydrogen) atoms. The Kier molecular flexibility index (Phi) is 7.03. The van der Waals surface area contributed by atoms with Gasteiger partial charge in [-0.25, -0.2) is 18.1 Å². The maximum atomic E-state index is 12.2. The van der Waals surface area contributed by atoms with Gasteiger partial charge in [-0.3, -0.25) is 4.79 Å². The predicted octanol–water partition coefficient (Wildman–Crippen LogP) is 3.13. The summed E-state index contributed by atoms with van der Waals surface area (Å²) >= 11 is 1.26. The van der Waals surface area contributed by atoms with E-state index in [2.05, 4.69) is 15.0 Å². The summed E-state index contributed by atoms with van der Waals surface area (Å²) in [6, 6.07) is 13.4. The SMILES string of the molecule is COc1ccc(OC)c(-c2csc(NC(=O)CCNS(=O)(=O)c3ccccc3)n2)c1. The number of carbonyl (C=O) groups excluding carboxylic acids is 1. The Morgan fingerprint density at radius 3 is 2.57 bits per heavy atom. The van der Waals surface area contributed by atoms with E-state index in [4.69, 9.17) is 9.47 Å². The number of hydrogen-bond acceptors (Lipinski definition) is 7. The van der Waals surface area contributed by atoms with E-state index in [9.17, 15) is 13.2 Å². The predicted molar refractivity (Wildman–Crippen MR) is 116 cm³/mol. The number of ether oxygens (including phenoxy) is 2. The topological polar surface area (TPSA) is 107 Å². The highest BCUT2D eigenvalue weighted by molar-refractivity contribution is 7.89. The molecule has 0 radical (unpaired) electrons. The summed E-state index contributed by atoms with van der Waals surface area (Å²) in [5, 5.41) is 4.89. The van der Waals surface area contributed by atoms with Gasteiger partial charge in [-0.1, -0.05) is 18.2 Å². The van der Waals surface area contributed by atoms with Crippen molar-refractivity contribution in [3.63, 3.8) is 0 Å². The van der Waals surface area contributed by atoms with Crippen molar-refractivity contribution in [1.29, 1.82) is 0 Å². The molecular weight excluding hydrogens is 426 g/mol. The first-order valence-electron chi connectivity index (χ1n) is 8.95. The molecule has 1 amide bonds. The number of benzene rings is 2. The summed E-state index contributed by atoms with van der Waals surface area (Å²) in [4.78, 5) is 16.8. The molecule has 0 aliphatic carbocycles. The fourth-order valence-corrected chi connectivity index (χ4v) is 4.41. The van der Waals surface area contributed by atoms with Gasteiger partial charge in [0, 0.05) is 23.9 Å². The highest BCUT2D eigenvalue weighted by atomic mass is 32.2. The van der Waals surface area contributed by atoms with Crippen LogP contribution >= 0.6 is 11.3 Å². The van der Waals surface area contributed by atoms with Crippen LogP contribution in [0.4, 0.5) is 5.13 Å². The lowest BCUT2D eigenvalue weighted by atomic mass is 10.1. The number of rotatable bonds is 9. The maximum absolute atomic E-state index is 12.2. The first-order chi connectivity index (χ1) is 14.4. The Hall–Kier alpha value is -2.95. The zero-order chi connectivity index (χ0) is 21.6. The third kappa shape index (κ3) is 5.35. The van der Waals surface area contributed by atoms with Gasteiger partial charge in [0.25, 0.3) is 0 Å². The van der Waals surface area contributed by atoms with Crippen LogP contribution in [-0.2, 0) is 14.8 Å². The van der Waals surface area contributed by atoms with Gasteiger partial charge in [0.2, 0.25) is 15.9 Å². The number of methoxy groups -OCH3 is 2. The molecule has 0 aliphatic heterocycles. The van der Waals surface area contributed by atoms with Gasteiger partial charge in [-0.05, 0) is 30.3 Å². The summed E-state index contributed by atoms with van der Waals surface area (Å²) in [6.45, 7) is -0.0228. The van der Waals surface area contributed by atoms with Crippen molar-refractivity contribution in [2.24, 2.45) is 0 Å².